The Hall–Kier alpha value is -0.980. The Labute approximate surface area is 118 Å². The minimum Gasteiger partial charge on any atom is -0.442 e. The van der Waals surface area contributed by atoms with Crippen molar-refractivity contribution in [2.24, 2.45) is 0 Å². The SMILES string of the molecule is O=C(NCC1CN(c2cccs2)C(=O)O1)C(Cl)Cl. The van der Waals surface area contributed by atoms with Gasteiger partial charge in [0.2, 0.25) is 0 Å². The number of nitrogens with one attached hydrogen (secondary N) is 1. The van der Waals surface area contributed by atoms with Crippen LogP contribution in [0.1, 0.15) is 0 Å². The molecule has 8 heteroatoms. The van der Waals surface area contributed by atoms with Crippen LogP contribution in [0.4, 0.5) is 9.80 Å². The maximum atomic E-state index is 11.6. The van der Waals surface area contributed by atoms with Crippen LogP contribution < -0.4 is 10.2 Å². The summed E-state index contributed by atoms with van der Waals surface area (Å²) >= 11 is 12.2. The van der Waals surface area contributed by atoms with Crippen molar-refractivity contribution in [3.63, 3.8) is 0 Å². The lowest BCUT2D eigenvalue weighted by Crippen LogP contribution is -2.37. The lowest BCUT2D eigenvalue weighted by Gasteiger charge is -2.10. The van der Waals surface area contributed by atoms with Crippen molar-refractivity contribution in [2.45, 2.75) is 10.9 Å². The van der Waals surface area contributed by atoms with Gasteiger partial charge in [-0.3, -0.25) is 9.69 Å². The molecule has 2 heterocycles. The highest BCUT2D eigenvalue weighted by Crippen LogP contribution is 2.26. The van der Waals surface area contributed by atoms with Gasteiger partial charge in [-0.05, 0) is 17.5 Å². The molecular formula is C10H10Cl2N2O3S. The van der Waals surface area contributed by atoms with Crippen LogP contribution in [0.2, 0.25) is 0 Å². The summed E-state index contributed by atoms with van der Waals surface area (Å²) in [5, 5.41) is 5.21. The molecule has 2 amide bonds. The van der Waals surface area contributed by atoms with E-state index < -0.39 is 22.9 Å². The molecule has 1 unspecified atom stereocenters. The molecule has 1 aliphatic rings. The molecule has 0 aromatic carbocycles. The van der Waals surface area contributed by atoms with Crippen molar-refractivity contribution >= 4 is 51.5 Å². The zero-order chi connectivity index (χ0) is 13.1. The molecule has 0 aliphatic carbocycles. The number of anilines is 1. The van der Waals surface area contributed by atoms with Gasteiger partial charge in [-0.2, -0.15) is 0 Å². The predicted octanol–water partition coefficient (Wildman–Crippen LogP) is 1.99. The van der Waals surface area contributed by atoms with E-state index in [4.69, 9.17) is 27.9 Å². The number of alkyl halides is 2. The van der Waals surface area contributed by atoms with Gasteiger partial charge in [-0.25, -0.2) is 4.79 Å². The highest BCUT2D eigenvalue weighted by Gasteiger charge is 2.33. The van der Waals surface area contributed by atoms with E-state index in [-0.39, 0.29) is 6.54 Å². The van der Waals surface area contributed by atoms with Crippen LogP contribution >= 0.6 is 34.5 Å². The Morgan fingerprint density at radius 1 is 1.67 bits per heavy atom. The first-order valence-electron chi connectivity index (χ1n) is 5.15. The summed E-state index contributed by atoms with van der Waals surface area (Å²) in [5.41, 5.74) is 0. The van der Waals surface area contributed by atoms with Crippen molar-refractivity contribution in [3.05, 3.63) is 17.5 Å². The Morgan fingerprint density at radius 2 is 2.44 bits per heavy atom. The molecule has 0 spiro atoms. The summed E-state index contributed by atoms with van der Waals surface area (Å²) in [6.07, 6.45) is -0.805. The molecule has 1 fully saturated rings. The van der Waals surface area contributed by atoms with Crippen molar-refractivity contribution in [1.29, 1.82) is 0 Å². The normalized spacial score (nSPS) is 19.2. The van der Waals surface area contributed by atoms with Gasteiger partial charge in [0.15, 0.2) is 4.84 Å². The topological polar surface area (TPSA) is 58.6 Å². The maximum Gasteiger partial charge on any atom is 0.415 e. The molecule has 0 bridgehead atoms. The Balaban J connectivity index is 1.87. The van der Waals surface area contributed by atoms with E-state index in [1.54, 1.807) is 0 Å². The van der Waals surface area contributed by atoms with Crippen molar-refractivity contribution < 1.29 is 14.3 Å². The zero-order valence-corrected chi connectivity index (χ0v) is 11.5. The molecule has 1 aromatic heterocycles. The molecular weight excluding hydrogens is 299 g/mol. The zero-order valence-electron chi connectivity index (χ0n) is 9.14. The lowest BCUT2D eigenvalue weighted by molar-refractivity contribution is -0.119. The van der Waals surface area contributed by atoms with Crippen LogP contribution in [0.15, 0.2) is 17.5 Å². The molecule has 1 atom stereocenters. The van der Waals surface area contributed by atoms with Crippen molar-refractivity contribution in [2.75, 3.05) is 18.0 Å². The minimum atomic E-state index is -1.12. The number of hydrogen-bond donors (Lipinski definition) is 1. The molecule has 1 aliphatic heterocycles. The van der Waals surface area contributed by atoms with Gasteiger partial charge in [0.1, 0.15) is 11.1 Å². The Kier molecular flexibility index (Phi) is 4.31. The molecule has 98 valence electrons. The molecule has 0 radical (unpaired) electrons. The fraction of sp³-hybridized carbons (Fsp3) is 0.400. The third-order valence-corrected chi connectivity index (χ3v) is 3.64. The van der Waals surface area contributed by atoms with E-state index in [2.05, 4.69) is 5.32 Å². The number of halogens is 2. The van der Waals surface area contributed by atoms with Gasteiger partial charge in [0, 0.05) is 0 Å². The van der Waals surface area contributed by atoms with Gasteiger partial charge in [0.25, 0.3) is 5.91 Å². The summed E-state index contributed by atoms with van der Waals surface area (Å²) in [4.78, 5) is 23.2. The Morgan fingerprint density at radius 3 is 3.06 bits per heavy atom. The monoisotopic (exact) mass is 308 g/mol. The number of ether oxygens (including phenoxy) is 1. The minimum absolute atomic E-state index is 0.197. The van der Waals surface area contributed by atoms with E-state index >= 15 is 0 Å². The number of amides is 2. The third kappa shape index (κ3) is 3.07. The largest absolute Gasteiger partial charge is 0.442 e. The van der Waals surface area contributed by atoms with E-state index in [9.17, 15) is 9.59 Å². The van der Waals surface area contributed by atoms with Crippen molar-refractivity contribution in [3.8, 4) is 0 Å². The lowest BCUT2D eigenvalue weighted by atomic mass is 10.3. The first-order valence-corrected chi connectivity index (χ1v) is 6.90. The molecule has 0 saturated carbocycles. The second kappa shape index (κ2) is 5.77. The van der Waals surface area contributed by atoms with Crippen LogP contribution in [0, 0.1) is 0 Å². The van der Waals surface area contributed by atoms with Gasteiger partial charge < -0.3 is 10.1 Å². The average molecular weight is 309 g/mol. The van der Waals surface area contributed by atoms with Crippen LogP contribution in [-0.4, -0.2) is 36.0 Å². The van der Waals surface area contributed by atoms with E-state index in [1.165, 1.54) is 16.2 Å². The standard InChI is InChI=1S/C10H10Cl2N2O3S/c11-8(12)9(15)13-4-6-5-14(10(16)17-6)7-2-1-3-18-7/h1-3,6,8H,4-5H2,(H,13,15). The van der Waals surface area contributed by atoms with Crippen LogP contribution in [0.3, 0.4) is 0 Å². The molecule has 1 saturated heterocycles. The molecule has 5 nitrogen and oxygen atoms in total. The summed E-state index contributed by atoms with van der Waals surface area (Å²) in [7, 11) is 0. The van der Waals surface area contributed by atoms with Crippen LogP contribution in [-0.2, 0) is 9.53 Å². The van der Waals surface area contributed by atoms with E-state index in [0.29, 0.717) is 6.54 Å². The number of rotatable bonds is 4. The average Bonchev–Trinajstić information content (AvgIpc) is 2.94. The molecule has 2 rings (SSSR count). The van der Waals surface area contributed by atoms with Crippen LogP contribution in [0.25, 0.3) is 0 Å². The summed E-state index contributed by atoms with van der Waals surface area (Å²) in [5.74, 6) is -0.496. The molecule has 1 aromatic rings. The summed E-state index contributed by atoms with van der Waals surface area (Å²) in [6, 6.07) is 3.69. The van der Waals surface area contributed by atoms with E-state index in [1.807, 2.05) is 17.5 Å². The number of carbonyl (C=O) groups excluding carboxylic acids is 2. The van der Waals surface area contributed by atoms with E-state index in [0.717, 1.165) is 5.00 Å². The van der Waals surface area contributed by atoms with Gasteiger partial charge in [-0.1, -0.05) is 23.2 Å². The second-order valence-electron chi connectivity index (χ2n) is 3.61. The van der Waals surface area contributed by atoms with Crippen molar-refractivity contribution in [1.82, 2.24) is 5.32 Å². The first kappa shape index (κ1) is 13.5. The number of carbonyl (C=O) groups is 2. The van der Waals surface area contributed by atoms with Crippen LogP contribution in [0.5, 0.6) is 0 Å². The number of nitrogens with zero attached hydrogens (tertiary/aromatic N) is 1. The quantitative estimate of drug-likeness (QED) is 0.865. The molecule has 1 N–H and O–H groups in total. The summed E-state index contributed by atoms with van der Waals surface area (Å²) in [6.45, 7) is 0.594. The van der Waals surface area contributed by atoms with Gasteiger partial charge in [-0.15, -0.1) is 11.3 Å². The fourth-order valence-electron chi connectivity index (χ4n) is 1.52. The number of cyclic esters (lactones) is 1. The van der Waals surface area contributed by atoms with Gasteiger partial charge >= 0.3 is 6.09 Å². The first-order chi connectivity index (χ1) is 8.58. The maximum absolute atomic E-state index is 11.6. The number of thiophene rings is 1. The predicted molar refractivity (Wildman–Crippen MR) is 70.4 cm³/mol. The highest BCUT2D eigenvalue weighted by molar-refractivity contribution is 7.14. The second-order valence-corrected chi connectivity index (χ2v) is 5.64. The highest BCUT2D eigenvalue weighted by atomic mass is 35.5. The van der Waals surface area contributed by atoms with Gasteiger partial charge in [0.05, 0.1) is 13.1 Å². The molecule has 18 heavy (non-hydrogen) atoms. The summed E-state index contributed by atoms with van der Waals surface area (Å²) < 4.78 is 5.12. The smallest absolute Gasteiger partial charge is 0.415 e. The number of hydrogen-bond acceptors (Lipinski definition) is 4. The fourth-order valence-corrected chi connectivity index (χ4v) is 2.41. The third-order valence-electron chi connectivity index (χ3n) is 2.35. The Bertz CT molecular complexity index is 438.